The zero-order valence-electron chi connectivity index (χ0n) is 9.82. The zero-order chi connectivity index (χ0) is 11.1. The van der Waals surface area contributed by atoms with Crippen molar-refractivity contribution in [3.05, 3.63) is 0 Å². The molecule has 0 aromatic carbocycles. The van der Waals surface area contributed by atoms with Gasteiger partial charge in [-0.2, -0.15) is 11.8 Å². The lowest BCUT2D eigenvalue weighted by molar-refractivity contribution is -0.137. The molecule has 2 heterocycles. The molecule has 2 fully saturated rings. The summed E-state index contributed by atoms with van der Waals surface area (Å²) < 4.78 is 10.6. The van der Waals surface area contributed by atoms with Crippen molar-refractivity contribution in [2.24, 2.45) is 0 Å². The smallest absolute Gasteiger partial charge is 0.147 e. The van der Waals surface area contributed by atoms with Crippen LogP contribution < -0.4 is 5.32 Å². The van der Waals surface area contributed by atoms with Crippen LogP contribution in [0.25, 0.3) is 0 Å². The number of rotatable bonds is 5. The maximum absolute atomic E-state index is 5.47. The van der Waals surface area contributed by atoms with Crippen molar-refractivity contribution in [2.45, 2.75) is 12.5 Å². The summed E-state index contributed by atoms with van der Waals surface area (Å²) in [4.78, 5) is 2.54. The van der Waals surface area contributed by atoms with E-state index in [0.717, 1.165) is 26.1 Å². The van der Waals surface area contributed by atoms with E-state index in [1.165, 1.54) is 31.1 Å². The van der Waals surface area contributed by atoms with E-state index in [0.29, 0.717) is 12.9 Å². The second-order valence-electron chi connectivity index (χ2n) is 4.26. The van der Waals surface area contributed by atoms with Crippen LogP contribution in [0.5, 0.6) is 0 Å². The first-order valence-corrected chi connectivity index (χ1v) is 7.31. The highest BCUT2D eigenvalue weighted by molar-refractivity contribution is 7.99. The van der Waals surface area contributed by atoms with Crippen LogP contribution in [0.15, 0.2) is 0 Å². The van der Waals surface area contributed by atoms with Gasteiger partial charge >= 0.3 is 0 Å². The molecule has 1 unspecified atom stereocenters. The van der Waals surface area contributed by atoms with E-state index < -0.39 is 0 Å². The standard InChI is InChI=1S/C11H22N2O2S/c1-6-14-10-15-11(1)9-12-2-3-13-4-7-16-8-5-13/h11-12H,1-10H2. The maximum Gasteiger partial charge on any atom is 0.147 e. The Labute approximate surface area is 102 Å². The van der Waals surface area contributed by atoms with Crippen molar-refractivity contribution >= 4 is 11.8 Å². The molecule has 0 amide bonds. The number of thioether (sulfide) groups is 1. The Hall–Kier alpha value is 0.190. The predicted molar refractivity (Wildman–Crippen MR) is 66.9 cm³/mol. The topological polar surface area (TPSA) is 33.7 Å². The van der Waals surface area contributed by atoms with Crippen molar-refractivity contribution in [1.82, 2.24) is 10.2 Å². The van der Waals surface area contributed by atoms with Crippen LogP contribution in [0.4, 0.5) is 0 Å². The fraction of sp³-hybridized carbons (Fsp3) is 1.00. The fourth-order valence-corrected chi connectivity index (χ4v) is 2.97. The van der Waals surface area contributed by atoms with E-state index in [1.54, 1.807) is 0 Å². The van der Waals surface area contributed by atoms with Gasteiger partial charge in [0, 0.05) is 44.2 Å². The second kappa shape index (κ2) is 7.50. The van der Waals surface area contributed by atoms with E-state index in [-0.39, 0.29) is 0 Å². The van der Waals surface area contributed by atoms with Crippen LogP contribution in [0, 0.1) is 0 Å². The van der Waals surface area contributed by atoms with Crippen molar-refractivity contribution < 1.29 is 9.47 Å². The molecule has 2 aliphatic rings. The molecule has 2 aliphatic heterocycles. The summed E-state index contributed by atoms with van der Waals surface area (Å²) in [5, 5.41) is 3.47. The molecule has 0 aromatic rings. The summed E-state index contributed by atoms with van der Waals surface area (Å²) in [6, 6.07) is 0. The Morgan fingerprint density at radius 2 is 2.19 bits per heavy atom. The molecule has 1 atom stereocenters. The van der Waals surface area contributed by atoms with Gasteiger partial charge in [0.05, 0.1) is 12.7 Å². The van der Waals surface area contributed by atoms with Gasteiger partial charge in [-0.15, -0.1) is 0 Å². The van der Waals surface area contributed by atoms with Crippen molar-refractivity contribution in [1.29, 1.82) is 0 Å². The Balaban J connectivity index is 1.47. The van der Waals surface area contributed by atoms with E-state index in [4.69, 9.17) is 9.47 Å². The minimum absolute atomic E-state index is 0.352. The number of hydrogen-bond acceptors (Lipinski definition) is 5. The van der Waals surface area contributed by atoms with Crippen molar-refractivity contribution in [3.63, 3.8) is 0 Å². The highest BCUT2D eigenvalue weighted by atomic mass is 32.2. The van der Waals surface area contributed by atoms with Gasteiger partial charge in [-0.25, -0.2) is 0 Å². The van der Waals surface area contributed by atoms with Crippen LogP contribution in [0.2, 0.25) is 0 Å². The zero-order valence-corrected chi connectivity index (χ0v) is 10.6. The van der Waals surface area contributed by atoms with Gasteiger partial charge < -0.3 is 19.7 Å². The summed E-state index contributed by atoms with van der Waals surface area (Å²) in [5.41, 5.74) is 0. The van der Waals surface area contributed by atoms with Crippen molar-refractivity contribution in [3.8, 4) is 0 Å². The highest BCUT2D eigenvalue weighted by Crippen LogP contribution is 2.08. The fourth-order valence-electron chi connectivity index (χ4n) is 1.99. The lowest BCUT2D eigenvalue weighted by Gasteiger charge is -2.27. The summed E-state index contributed by atoms with van der Waals surface area (Å²) in [6.07, 6.45) is 1.37. The molecule has 1 N–H and O–H groups in total. The van der Waals surface area contributed by atoms with Gasteiger partial charge in [-0.05, 0) is 6.42 Å². The normalized spacial score (nSPS) is 28.1. The first kappa shape index (κ1) is 12.6. The third-order valence-corrected chi connectivity index (χ3v) is 3.99. The van der Waals surface area contributed by atoms with E-state index in [2.05, 4.69) is 22.0 Å². The molecule has 0 aliphatic carbocycles. The summed E-state index contributed by atoms with van der Waals surface area (Å²) in [7, 11) is 0. The minimum Gasteiger partial charge on any atom is -0.355 e. The monoisotopic (exact) mass is 246 g/mol. The molecule has 0 saturated carbocycles. The molecule has 4 nitrogen and oxygen atoms in total. The van der Waals surface area contributed by atoms with Gasteiger partial charge in [0.15, 0.2) is 0 Å². The van der Waals surface area contributed by atoms with Crippen LogP contribution in [-0.2, 0) is 9.47 Å². The van der Waals surface area contributed by atoms with Crippen LogP contribution in [0.3, 0.4) is 0 Å². The first-order chi connectivity index (χ1) is 7.95. The Kier molecular flexibility index (Phi) is 5.93. The van der Waals surface area contributed by atoms with Gasteiger partial charge in [-0.3, -0.25) is 0 Å². The van der Waals surface area contributed by atoms with Crippen LogP contribution in [0.1, 0.15) is 6.42 Å². The largest absolute Gasteiger partial charge is 0.355 e. The lowest BCUT2D eigenvalue weighted by atomic mass is 10.2. The Morgan fingerprint density at radius 1 is 1.31 bits per heavy atom. The first-order valence-electron chi connectivity index (χ1n) is 6.15. The van der Waals surface area contributed by atoms with E-state index in [1.807, 2.05) is 0 Å². The van der Waals surface area contributed by atoms with Crippen LogP contribution in [-0.4, -0.2) is 68.6 Å². The van der Waals surface area contributed by atoms with Crippen molar-refractivity contribution in [2.75, 3.05) is 57.6 Å². The van der Waals surface area contributed by atoms with Gasteiger partial charge in [-0.1, -0.05) is 0 Å². The Morgan fingerprint density at radius 3 is 2.94 bits per heavy atom. The molecule has 2 saturated heterocycles. The molecule has 16 heavy (non-hydrogen) atoms. The molecule has 0 spiro atoms. The number of nitrogens with one attached hydrogen (secondary N) is 1. The Bertz CT molecular complexity index is 163. The number of hydrogen-bond donors (Lipinski definition) is 1. The molecule has 0 radical (unpaired) electrons. The molecular weight excluding hydrogens is 224 g/mol. The maximum atomic E-state index is 5.47. The summed E-state index contributed by atoms with van der Waals surface area (Å²) >= 11 is 2.06. The average Bonchev–Trinajstić information content (AvgIpc) is 2.37. The molecule has 94 valence electrons. The van der Waals surface area contributed by atoms with Crippen LogP contribution >= 0.6 is 11.8 Å². The minimum atomic E-state index is 0.352. The quantitative estimate of drug-likeness (QED) is 0.710. The molecular formula is C11H22N2O2S. The summed E-state index contributed by atoms with van der Waals surface area (Å²) in [5.74, 6) is 2.59. The van der Waals surface area contributed by atoms with E-state index >= 15 is 0 Å². The average molecular weight is 246 g/mol. The second-order valence-corrected chi connectivity index (χ2v) is 5.49. The van der Waals surface area contributed by atoms with Gasteiger partial charge in [0.25, 0.3) is 0 Å². The molecule has 0 aromatic heterocycles. The highest BCUT2D eigenvalue weighted by Gasteiger charge is 2.14. The SMILES string of the molecule is C(CN1CCSCC1)NCC1CCOCO1. The van der Waals surface area contributed by atoms with Gasteiger partial charge in [0.1, 0.15) is 6.79 Å². The third kappa shape index (κ3) is 4.59. The molecule has 5 heteroatoms. The summed E-state index contributed by atoms with van der Waals surface area (Å²) in [6.45, 7) is 7.02. The molecule has 2 rings (SSSR count). The number of nitrogens with zero attached hydrogens (tertiary/aromatic N) is 1. The molecule has 0 bridgehead atoms. The van der Waals surface area contributed by atoms with E-state index in [9.17, 15) is 0 Å². The van der Waals surface area contributed by atoms with Gasteiger partial charge in [0.2, 0.25) is 0 Å². The predicted octanol–water partition coefficient (Wildman–Crippen LogP) is 0.388. The number of ether oxygens (including phenoxy) is 2. The third-order valence-electron chi connectivity index (χ3n) is 3.05. The lowest BCUT2D eigenvalue weighted by Crippen LogP contribution is -2.40.